The first-order valence-corrected chi connectivity index (χ1v) is 12.4. The van der Waals surface area contributed by atoms with Crippen molar-refractivity contribution in [2.24, 2.45) is 0 Å². The lowest BCUT2D eigenvalue weighted by molar-refractivity contribution is -0.151. The molecule has 1 aliphatic carbocycles. The van der Waals surface area contributed by atoms with Gasteiger partial charge in [0.1, 0.15) is 17.3 Å². The minimum atomic E-state index is -0.715. The number of para-hydroxylation sites is 1. The van der Waals surface area contributed by atoms with E-state index >= 15 is 0 Å². The van der Waals surface area contributed by atoms with Crippen LogP contribution in [0, 0.1) is 6.92 Å². The van der Waals surface area contributed by atoms with E-state index in [1.165, 1.54) is 18.4 Å². The summed E-state index contributed by atoms with van der Waals surface area (Å²) in [6.07, 6.45) is 7.19. The van der Waals surface area contributed by atoms with Gasteiger partial charge in [-0.2, -0.15) is 0 Å². The normalized spacial score (nSPS) is 14.2. The Kier molecular flexibility index (Phi) is 8.60. The summed E-state index contributed by atoms with van der Waals surface area (Å²) in [6.45, 7) is 4.57. The van der Waals surface area contributed by atoms with Gasteiger partial charge in [0.05, 0.1) is 18.9 Å². The summed E-state index contributed by atoms with van der Waals surface area (Å²) in [7, 11) is 0. The molecule has 0 N–H and O–H groups in total. The van der Waals surface area contributed by atoms with Gasteiger partial charge in [0.2, 0.25) is 5.89 Å². The van der Waals surface area contributed by atoms with Crippen molar-refractivity contribution in [3.63, 3.8) is 0 Å². The third kappa shape index (κ3) is 6.98. The number of hydrogen-bond donors (Lipinski definition) is 0. The zero-order valence-corrected chi connectivity index (χ0v) is 20.5. The van der Waals surface area contributed by atoms with Crippen LogP contribution in [0.15, 0.2) is 65.1 Å². The van der Waals surface area contributed by atoms with Gasteiger partial charge in [0.25, 0.3) is 0 Å². The number of carbonyl (C=O) groups excluding carboxylic acids is 1. The first-order chi connectivity index (χ1) is 17.1. The molecule has 4 rings (SSSR count). The molecule has 1 heterocycles. The standard InChI is InChI=1S/C29H33NO5/c1-3-32-29(31)27(35-25-12-8-5-9-13-25)20-22-14-16-24(17-15-22)33-19-18-26-21(2)34-28(30-26)23-10-6-4-7-11-23/h5,8-10,12-17,27H,3-4,6-7,11,18-20H2,1-2H3. The topological polar surface area (TPSA) is 70.8 Å². The summed E-state index contributed by atoms with van der Waals surface area (Å²) in [5, 5.41) is 0. The van der Waals surface area contributed by atoms with E-state index in [1.807, 2.05) is 61.5 Å². The van der Waals surface area contributed by atoms with Crippen LogP contribution < -0.4 is 9.47 Å². The molecular formula is C29H33NO5. The van der Waals surface area contributed by atoms with Gasteiger partial charge in [-0.15, -0.1) is 0 Å². The SMILES string of the molecule is CCOC(=O)C(Cc1ccc(OCCc2nc(C3=CCCCC3)oc2C)cc1)Oc1ccccc1. The number of aryl methyl sites for hydroxylation is 1. The van der Waals surface area contributed by atoms with Crippen LogP contribution in [0.25, 0.3) is 5.57 Å². The van der Waals surface area contributed by atoms with E-state index < -0.39 is 6.10 Å². The molecule has 6 heteroatoms. The summed E-state index contributed by atoms with van der Waals surface area (Å²) < 4.78 is 23.0. The van der Waals surface area contributed by atoms with Crippen molar-refractivity contribution in [2.45, 2.75) is 58.5 Å². The van der Waals surface area contributed by atoms with Gasteiger partial charge in [-0.1, -0.05) is 36.4 Å². The molecule has 1 unspecified atom stereocenters. The van der Waals surface area contributed by atoms with E-state index in [-0.39, 0.29) is 5.97 Å². The maximum atomic E-state index is 12.4. The lowest BCUT2D eigenvalue weighted by Crippen LogP contribution is -2.31. The van der Waals surface area contributed by atoms with Gasteiger partial charge in [-0.05, 0) is 69.4 Å². The Morgan fingerprint density at radius 1 is 1.06 bits per heavy atom. The maximum absolute atomic E-state index is 12.4. The number of carbonyl (C=O) groups is 1. The number of allylic oxidation sites excluding steroid dienone is 2. The Hall–Kier alpha value is -3.54. The monoisotopic (exact) mass is 475 g/mol. The number of rotatable bonds is 11. The molecular weight excluding hydrogens is 442 g/mol. The summed E-state index contributed by atoms with van der Waals surface area (Å²) in [4.78, 5) is 17.1. The van der Waals surface area contributed by atoms with Gasteiger partial charge in [0.15, 0.2) is 6.10 Å². The average Bonchev–Trinajstić information content (AvgIpc) is 3.26. The van der Waals surface area contributed by atoms with Crippen LogP contribution in [-0.2, 0) is 22.4 Å². The van der Waals surface area contributed by atoms with Gasteiger partial charge in [-0.3, -0.25) is 0 Å². The lowest BCUT2D eigenvalue weighted by atomic mass is 10.00. The van der Waals surface area contributed by atoms with E-state index in [2.05, 4.69) is 6.08 Å². The van der Waals surface area contributed by atoms with E-state index in [4.69, 9.17) is 23.6 Å². The minimum absolute atomic E-state index is 0.310. The van der Waals surface area contributed by atoms with Gasteiger partial charge in [0, 0.05) is 18.4 Å². The fourth-order valence-electron chi connectivity index (χ4n) is 4.10. The molecule has 0 spiro atoms. The van der Waals surface area contributed by atoms with E-state index in [0.717, 1.165) is 41.5 Å². The minimum Gasteiger partial charge on any atom is -0.493 e. The zero-order chi connectivity index (χ0) is 24.5. The largest absolute Gasteiger partial charge is 0.493 e. The van der Waals surface area contributed by atoms with Crippen molar-refractivity contribution in [2.75, 3.05) is 13.2 Å². The average molecular weight is 476 g/mol. The molecule has 0 saturated carbocycles. The van der Waals surface area contributed by atoms with E-state index in [1.54, 1.807) is 6.92 Å². The Morgan fingerprint density at radius 2 is 1.86 bits per heavy atom. The number of esters is 1. The highest BCUT2D eigenvalue weighted by Gasteiger charge is 2.22. The third-order valence-corrected chi connectivity index (χ3v) is 5.98. The Labute approximate surface area is 206 Å². The first-order valence-electron chi connectivity index (χ1n) is 12.4. The molecule has 0 amide bonds. The second kappa shape index (κ2) is 12.2. The molecule has 1 aromatic heterocycles. The second-order valence-electron chi connectivity index (χ2n) is 8.62. The van der Waals surface area contributed by atoms with Crippen LogP contribution in [-0.4, -0.2) is 30.3 Å². The molecule has 0 radical (unpaired) electrons. The smallest absolute Gasteiger partial charge is 0.347 e. The van der Waals surface area contributed by atoms with Gasteiger partial charge in [-0.25, -0.2) is 9.78 Å². The number of benzene rings is 2. The summed E-state index contributed by atoms with van der Waals surface area (Å²) in [6, 6.07) is 17.0. The molecule has 0 saturated heterocycles. The highest BCUT2D eigenvalue weighted by molar-refractivity contribution is 5.75. The molecule has 0 aliphatic heterocycles. The molecule has 2 aromatic carbocycles. The van der Waals surface area contributed by atoms with Crippen molar-refractivity contribution in [3.05, 3.63) is 83.6 Å². The van der Waals surface area contributed by atoms with Crippen LogP contribution in [0.5, 0.6) is 11.5 Å². The van der Waals surface area contributed by atoms with Crippen molar-refractivity contribution in [3.8, 4) is 11.5 Å². The predicted molar refractivity (Wildman–Crippen MR) is 135 cm³/mol. The molecule has 3 aromatic rings. The molecule has 0 bridgehead atoms. The molecule has 0 fully saturated rings. The van der Waals surface area contributed by atoms with E-state index in [0.29, 0.717) is 31.8 Å². The number of nitrogens with zero attached hydrogens (tertiary/aromatic N) is 1. The Morgan fingerprint density at radius 3 is 2.57 bits per heavy atom. The molecule has 184 valence electrons. The highest BCUT2D eigenvalue weighted by atomic mass is 16.6. The summed E-state index contributed by atoms with van der Waals surface area (Å²) in [5.41, 5.74) is 3.13. The number of aromatic nitrogens is 1. The molecule has 35 heavy (non-hydrogen) atoms. The molecule has 1 atom stereocenters. The summed E-state index contributed by atoms with van der Waals surface area (Å²) >= 11 is 0. The number of hydrogen-bond acceptors (Lipinski definition) is 6. The van der Waals surface area contributed by atoms with Gasteiger partial charge < -0.3 is 18.6 Å². The van der Waals surface area contributed by atoms with E-state index in [9.17, 15) is 4.79 Å². The summed E-state index contributed by atoms with van der Waals surface area (Å²) in [5.74, 6) is 2.64. The fourth-order valence-corrected chi connectivity index (χ4v) is 4.10. The molecule has 1 aliphatic rings. The highest BCUT2D eigenvalue weighted by Crippen LogP contribution is 2.27. The van der Waals surface area contributed by atoms with Crippen LogP contribution in [0.3, 0.4) is 0 Å². The zero-order valence-electron chi connectivity index (χ0n) is 20.5. The number of oxazole rings is 1. The van der Waals surface area contributed by atoms with Crippen molar-refractivity contribution < 1.29 is 23.4 Å². The Balaban J connectivity index is 1.31. The lowest BCUT2D eigenvalue weighted by Gasteiger charge is -2.18. The number of ether oxygens (including phenoxy) is 3. The Bertz CT molecular complexity index is 1120. The predicted octanol–water partition coefficient (Wildman–Crippen LogP) is 6.12. The van der Waals surface area contributed by atoms with Crippen LogP contribution in [0.1, 0.15) is 55.5 Å². The maximum Gasteiger partial charge on any atom is 0.347 e. The van der Waals surface area contributed by atoms with Crippen molar-refractivity contribution in [1.82, 2.24) is 4.98 Å². The van der Waals surface area contributed by atoms with Crippen LogP contribution in [0.2, 0.25) is 0 Å². The third-order valence-electron chi connectivity index (χ3n) is 5.98. The van der Waals surface area contributed by atoms with Crippen LogP contribution in [0.4, 0.5) is 0 Å². The van der Waals surface area contributed by atoms with Crippen molar-refractivity contribution >= 4 is 11.5 Å². The van der Waals surface area contributed by atoms with Gasteiger partial charge >= 0.3 is 5.97 Å². The quantitative estimate of drug-likeness (QED) is 0.311. The first kappa shape index (κ1) is 24.6. The van der Waals surface area contributed by atoms with Crippen molar-refractivity contribution in [1.29, 1.82) is 0 Å². The van der Waals surface area contributed by atoms with Crippen LogP contribution >= 0.6 is 0 Å². The second-order valence-corrected chi connectivity index (χ2v) is 8.62. The molecule has 6 nitrogen and oxygen atoms in total. The fraction of sp³-hybridized carbons (Fsp3) is 0.379.